The van der Waals surface area contributed by atoms with E-state index >= 15 is 0 Å². The number of hydrogen-bond donors (Lipinski definition) is 6. The fourth-order valence-corrected chi connectivity index (χ4v) is 2.21. The highest BCUT2D eigenvalue weighted by molar-refractivity contribution is 5.94. The van der Waals surface area contributed by atoms with E-state index in [0.29, 0.717) is 6.42 Å². The Bertz CT molecular complexity index is 540. The molecular weight excluding hydrogens is 356 g/mol. The van der Waals surface area contributed by atoms with Crippen molar-refractivity contribution in [1.29, 1.82) is 0 Å². The number of carboxylic acid groups (broad SMARTS) is 1. The van der Waals surface area contributed by atoms with Gasteiger partial charge in [-0.15, -0.1) is 0 Å². The van der Waals surface area contributed by atoms with Crippen LogP contribution in [-0.2, 0) is 19.2 Å². The third kappa shape index (κ3) is 7.92. The number of rotatable bonds is 11. The summed E-state index contributed by atoms with van der Waals surface area (Å²) in [5, 5.41) is 25.5. The molecule has 3 amide bonds. The molecule has 5 unspecified atom stereocenters. The van der Waals surface area contributed by atoms with Gasteiger partial charge in [-0.05, 0) is 18.8 Å². The van der Waals surface area contributed by atoms with Crippen LogP contribution in [0.25, 0.3) is 0 Å². The number of aliphatic carboxylic acids is 1. The lowest BCUT2D eigenvalue weighted by atomic mass is 9.99. The van der Waals surface area contributed by atoms with Gasteiger partial charge in [-0.25, -0.2) is 4.79 Å². The molecule has 156 valence electrons. The summed E-state index contributed by atoms with van der Waals surface area (Å²) in [6.07, 6.45) is 0.560. The van der Waals surface area contributed by atoms with Crippen molar-refractivity contribution in [3.63, 3.8) is 0 Å². The highest BCUT2D eigenvalue weighted by Gasteiger charge is 2.31. The lowest BCUT2D eigenvalue weighted by molar-refractivity contribution is -0.143. The van der Waals surface area contributed by atoms with Crippen molar-refractivity contribution in [2.24, 2.45) is 17.6 Å². The van der Waals surface area contributed by atoms with E-state index in [-0.39, 0.29) is 11.8 Å². The maximum atomic E-state index is 12.4. The first-order chi connectivity index (χ1) is 12.5. The molecule has 0 fully saturated rings. The molecule has 27 heavy (non-hydrogen) atoms. The predicted octanol–water partition coefficient (Wildman–Crippen LogP) is -1.43. The normalized spacial score (nSPS) is 16.6. The Labute approximate surface area is 159 Å². The molecule has 5 atom stereocenters. The number of aliphatic hydroxyl groups is 1. The Balaban J connectivity index is 4.99. The average molecular weight is 388 g/mol. The highest BCUT2D eigenvalue weighted by atomic mass is 16.4. The van der Waals surface area contributed by atoms with Crippen LogP contribution in [0, 0.1) is 11.8 Å². The SMILES string of the molecule is CCC(C)C(NC(=O)C(C)NC(=O)C(NC(=O)C(N)CO)C(C)C)C(=O)O. The van der Waals surface area contributed by atoms with Crippen LogP contribution >= 0.6 is 0 Å². The quantitative estimate of drug-likeness (QED) is 0.252. The fraction of sp³-hybridized carbons (Fsp3) is 0.765. The van der Waals surface area contributed by atoms with Gasteiger partial charge in [0.2, 0.25) is 17.7 Å². The number of nitrogens with one attached hydrogen (secondary N) is 3. The minimum Gasteiger partial charge on any atom is -0.480 e. The molecule has 10 nitrogen and oxygen atoms in total. The third-order valence-electron chi connectivity index (χ3n) is 4.31. The molecule has 0 aromatic carbocycles. The van der Waals surface area contributed by atoms with E-state index < -0.39 is 54.5 Å². The molecule has 0 aliphatic rings. The molecule has 7 N–H and O–H groups in total. The van der Waals surface area contributed by atoms with Crippen LogP contribution in [0.2, 0.25) is 0 Å². The Morgan fingerprint density at radius 1 is 0.889 bits per heavy atom. The van der Waals surface area contributed by atoms with E-state index in [1.807, 2.05) is 6.92 Å². The number of hydrogen-bond acceptors (Lipinski definition) is 6. The van der Waals surface area contributed by atoms with Gasteiger partial charge in [-0.1, -0.05) is 34.1 Å². The van der Waals surface area contributed by atoms with Crippen LogP contribution in [0.15, 0.2) is 0 Å². The van der Waals surface area contributed by atoms with Gasteiger partial charge in [0.25, 0.3) is 0 Å². The van der Waals surface area contributed by atoms with Crippen LogP contribution in [0.4, 0.5) is 0 Å². The summed E-state index contributed by atoms with van der Waals surface area (Å²) in [4.78, 5) is 47.8. The zero-order valence-corrected chi connectivity index (χ0v) is 16.5. The number of amides is 3. The first kappa shape index (κ1) is 24.8. The van der Waals surface area contributed by atoms with Crippen molar-refractivity contribution in [3.05, 3.63) is 0 Å². The van der Waals surface area contributed by atoms with E-state index in [1.165, 1.54) is 6.92 Å². The monoisotopic (exact) mass is 388 g/mol. The largest absolute Gasteiger partial charge is 0.480 e. The highest BCUT2D eigenvalue weighted by Crippen LogP contribution is 2.08. The molecule has 0 aliphatic carbocycles. The number of nitrogens with two attached hydrogens (primary N) is 1. The first-order valence-corrected chi connectivity index (χ1v) is 8.96. The third-order valence-corrected chi connectivity index (χ3v) is 4.31. The van der Waals surface area contributed by atoms with E-state index in [4.69, 9.17) is 10.8 Å². The lowest BCUT2D eigenvalue weighted by Gasteiger charge is -2.26. The molecule has 0 spiro atoms. The van der Waals surface area contributed by atoms with Crippen LogP contribution in [0.3, 0.4) is 0 Å². The second-order valence-electron chi connectivity index (χ2n) is 6.96. The molecule has 0 saturated heterocycles. The minimum atomic E-state index is -1.16. The summed E-state index contributed by atoms with van der Waals surface area (Å²) in [5.74, 6) is -3.68. The molecule has 0 aromatic heterocycles. The Morgan fingerprint density at radius 2 is 1.41 bits per heavy atom. The van der Waals surface area contributed by atoms with Gasteiger partial charge >= 0.3 is 5.97 Å². The Kier molecular flexibility index (Phi) is 10.6. The van der Waals surface area contributed by atoms with Crippen LogP contribution < -0.4 is 21.7 Å². The van der Waals surface area contributed by atoms with Gasteiger partial charge in [0.05, 0.1) is 6.61 Å². The zero-order valence-electron chi connectivity index (χ0n) is 16.5. The van der Waals surface area contributed by atoms with Crippen LogP contribution in [0.5, 0.6) is 0 Å². The van der Waals surface area contributed by atoms with E-state index in [1.54, 1.807) is 20.8 Å². The number of carbonyl (C=O) groups excluding carboxylic acids is 3. The maximum Gasteiger partial charge on any atom is 0.326 e. The van der Waals surface area contributed by atoms with Gasteiger partial charge in [0.15, 0.2) is 0 Å². The van der Waals surface area contributed by atoms with Crippen LogP contribution in [-0.4, -0.2) is 64.7 Å². The second kappa shape index (κ2) is 11.5. The molecule has 0 aliphatic heterocycles. The van der Waals surface area contributed by atoms with E-state index in [0.717, 1.165) is 0 Å². The van der Waals surface area contributed by atoms with Gasteiger partial charge in [0.1, 0.15) is 24.2 Å². The van der Waals surface area contributed by atoms with Crippen molar-refractivity contribution in [2.75, 3.05) is 6.61 Å². The molecule has 0 rings (SSSR count). The zero-order chi connectivity index (χ0) is 21.3. The van der Waals surface area contributed by atoms with Gasteiger partial charge in [-0.3, -0.25) is 14.4 Å². The van der Waals surface area contributed by atoms with Gasteiger partial charge in [0, 0.05) is 0 Å². The Morgan fingerprint density at radius 3 is 1.81 bits per heavy atom. The summed E-state index contributed by atoms with van der Waals surface area (Å²) in [7, 11) is 0. The molecular formula is C17H32N4O6. The van der Waals surface area contributed by atoms with Gasteiger partial charge in [-0.2, -0.15) is 0 Å². The number of carbonyl (C=O) groups is 4. The Hall–Kier alpha value is -2.20. The lowest BCUT2D eigenvalue weighted by Crippen LogP contribution is -2.58. The standard InChI is InChI=1S/C17H32N4O6/c1-6-9(4)13(17(26)27)21-14(23)10(5)19-16(25)12(8(2)3)20-15(24)11(18)7-22/h8-13,22H,6-7,18H2,1-5H3,(H,19,25)(H,20,24)(H,21,23)(H,26,27). The second-order valence-corrected chi connectivity index (χ2v) is 6.96. The minimum absolute atomic E-state index is 0.281. The molecule has 10 heteroatoms. The van der Waals surface area contributed by atoms with Crippen LogP contribution in [0.1, 0.15) is 41.0 Å². The summed E-state index contributed by atoms with van der Waals surface area (Å²) in [6.45, 7) is 7.76. The predicted molar refractivity (Wildman–Crippen MR) is 98.5 cm³/mol. The topological polar surface area (TPSA) is 171 Å². The average Bonchev–Trinajstić information content (AvgIpc) is 2.61. The molecule has 0 radical (unpaired) electrons. The summed E-state index contributed by atoms with van der Waals surface area (Å²) in [6, 6.07) is -4.19. The van der Waals surface area contributed by atoms with Gasteiger partial charge < -0.3 is 31.9 Å². The van der Waals surface area contributed by atoms with Crippen molar-refractivity contribution in [3.8, 4) is 0 Å². The van der Waals surface area contributed by atoms with E-state index in [2.05, 4.69) is 16.0 Å². The summed E-state index contributed by atoms with van der Waals surface area (Å²) in [5.41, 5.74) is 5.43. The maximum absolute atomic E-state index is 12.4. The summed E-state index contributed by atoms with van der Waals surface area (Å²) >= 11 is 0. The smallest absolute Gasteiger partial charge is 0.326 e. The number of aliphatic hydroxyl groups excluding tert-OH is 1. The first-order valence-electron chi connectivity index (χ1n) is 8.96. The van der Waals surface area contributed by atoms with Crippen molar-refractivity contribution in [2.45, 2.75) is 65.2 Å². The molecule has 0 heterocycles. The number of carboxylic acids is 1. The molecule has 0 saturated carbocycles. The van der Waals surface area contributed by atoms with E-state index in [9.17, 15) is 24.3 Å². The summed E-state index contributed by atoms with van der Waals surface area (Å²) < 4.78 is 0. The fourth-order valence-electron chi connectivity index (χ4n) is 2.21. The molecule has 0 bridgehead atoms. The van der Waals surface area contributed by atoms with Crippen molar-refractivity contribution < 1.29 is 29.4 Å². The molecule has 0 aromatic rings. The van der Waals surface area contributed by atoms with Crippen molar-refractivity contribution >= 4 is 23.7 Å². The van der Waals surface area contributed by atoms with Crippen molar-refractivity contribution in [1.82, 2.24) is 16.0 Å².